The third-order valence-corrected chi connectivity index (χ3v) is 2.92. The predicted molar refractivity (Wildman–Crippen MR) is 78.7 cm³/mol. The molecule has 0 fully saturated rings. The first-order valence-corrected chi connectivity index (χ1v) is 6.50. The average molecular weight is 294 g/mol. The van der Waals surface area contributed by atoms with Crippen molar-refractivity contribution in [3.63, 3.8) is 0 Å². The highest BCUT2D eigenvalue weighted by Crippen LogP contribution is 2.20. The Morgan fingerprint density at radius 2 is 1.68 bits per heavy atom. The fraction of sp³-hybridized carbons (Fsp3) is 0.0588. The molecule has 4 nitrogen and oxygen atoms in total. The first kappa shape index (κ1) is 13.8. The molecule has 108 valence electrons. The lowest BCUT2D eigenvalue weighted by atomic mass is 10.2. The molecule has 0 saturated carbocycles. The van der Waals surface area contributed by atoms with Gasteiger partial charge in [0, 0.05) is 11.1 Å². The summed E-state index contributed by atoms with van der Waals surface area (Å²) in [5.41, 5.74) is 1.45. The van der Waals surface area contributed by atoms with E-state index in [2.05, 4.69) is 22.0 Å². The van der Waals surface area contributed by atoms with Crippen LogP contribution >= 0.6 is 0 Å². The van der Waals surface area contributed by atoms with Gasteiger partial charge < -0.3 is 9.15 Å². The zero-order valence-electron chi connectivity index (χ0n) is 11.7. The lowest BCUT2D eigenvalue weighted by Gasteiger charge is -1.98. The monoisotopic (exact) mass is 294 g/mol. The maximum absolute atomic E-state index is 12.8. The standard InChI is InChI=1S/C17H11FN2O2/c1-21-15-9-5-13(6-10-15)17-20-19-16(22-17)11-4-12-2-7-14(18)8-3-12/h2-3,5-10H,1H3. The van der Waals surface area contributed by atoms with Crippen LogP contribution in [-0.2, 0) is 0 Å². The molecule has 5 heteroatoms. The fourth-order valence-electron chi connectivity index (χ4n) is 1.78. The van der Waals surface area contributed by atoms with Gasteiger partial charge in [0.25, 0.3) is 5.89 Å². The molecule has 1 aromatic heterocycles. The first-order chi connectivity index (χ1) is 10.7. The molecule has 0 aliphatic rings. The van der Waals surface area contributed by atoms with Gasteiger partial charge in [0.2, 0.25) is 5.89 Å². The van der Waals surface area contributed by atoms with E-state index in [9.17, 15) is 4.39 Å². The number of methoxy groups -OCH3 is 1. The van der Waals surface area contributed by atoms with Gasteiger partial charge in [0.15, 0.2) is 0 Å². The summed E-state index contributed by atoms with van der Waals surface area (Å²) in [5, 5.41) is 7.82. The second-order valence-corrected chi connectivity index (χ2v) is 4.40. The van der Waals surface area contributed by atoms with Crippen molar-refractivity contribution in [2.75, 3.05) is 7.11 Å². The number of aromatic nitrogens is 2. The van der Waals surface area contributed by atoms with Crippen molar-refractivity contribution >= 4 is 0 Å². The van der Waals surface area contributed by atoms with Gasteiger partial charge >= 0.3 is 0 Å². The van der Waals surface area contributed by atoms with E-state index in [1.165, 1.54) is 12.1 Å². The van der Waals surface area contributed by atoms with Crippen LogP contribution < -0.4 is 4.74 Å². The Balaban J connectivity index is 1.80. The molecule has 0 aliphatic heterocycles. The van der Waals surface area contributed by atoms with Crippen molar-refractivity contribution < 1.29 is 13.5 Å². The van der Waals surface area contributed by atoms with Crippen molar-refractivity contribution in [1.82, 2.24) is 10.2 Å². The highest BCUT2D eigenvalue weighted by Gasteiger charge is 2.06. The molecule has 22 heavy (non-hydrogen) atoms. The molecule has 0 amide bonds. The van der Waals surface area contributed by atoms with Crippen LogP contribution in [0.25, 0.3) is 11.5 Å². The van der Waals surface area contributed by atoms with Gasteiger partial charge in [0.1, 0.15) is 11.6 Å². The molecule has 0 spiro atoms. The maximum Gasteiger partial charge on any atom is 0.294 e. The molecule has 0 atom stereocenters. The number of benzene rings is 2. The molecule has 0 radical (unpaired) electrons. The molecular formula is C17H11FN2O2. The van der Waals surface area contributed by atoms with Crippen LogP contribution in [0.3, 0.4) is 0 Å². The Kier molecular flexibility index (Phi) is 3.84. The number of ether oxygens (including phenoxy) is 1. The van der Waals surface area contributed by atoms with Crippen LogP contribution in [0.5, 0.6) is 5.75 Å². The number of hydrogen-bond acceptors (Lipinski definition) is 4. The van der Waals surface area contributed by atoms with Crippen molar-refractivity contribution in [2.24, 2.45) is 0 Å². The molecule has 0 unspecified atom stereocenters. The molecule has 0 bridgehead atoms. The first-order valence-electron chi connectivity index (χ1n) is 6.50. The van der Waals surface area contributed by atoms with Crippen LogP contribution in [0, 0.1) is 17.7 Å². The summed E-state index contributed by atoms with van der Waals surface area (Å²) in [5.74, 6) is 6.63. The SMILES string of the molecule is COc1ccc(-c2nnc(C#Cc3ccc(F)cc3)o2)cc1. The quantitative estimate of drug-likeness (QED) is 0.680. The summed E-state index contributed by atoms with van der Waals surface area (Å²) in [4.78, 5) is 0. The Morgan fingerprint density at radius 3 is 2.36 bits per heavy atom. The predicted octanol–water partition coefficient (Wildman–Crippen LogP) is 3.28. The van der Waals surface area contributed by atoms with E-state index in [1.807, 2.05) is 24.3 Å². The van der Waals surface area contributed by atoms with E-state index in [1.54, 1.807) is 19.2 Å². The Morgan fingerprint density at radius 1 is 0.955 bits per heavy atom. The van der Waals surface area contributed by atoms with Crippen LogP contribution in [0.4, 0.5) is 4.39 Å². The summed E-state index contributed by atoms with van der Waals surface area (Å²) < 4.78 is 23.4. The van der Waals surface area contributed by atoms with Crippen LogP contribution in [0.2, 0.25) is 0 Å². The Hall–Kier alpha value is -3.13. The van der Waals surface area contributed by atoms with Crippen molar-refractivity contribution in [1.29, 1.82) is 0 Å². The molecule has 0 aliphatic carbocycles. The number of halogens is 1. The average Bonchev–Trinajstić information content (AvgIpc) is 3.03. The third kappa shape index (κ3) is 3.13. The minimum atomic E-state index is -0.301. The molecule has 3 aromatic rings. The summed E-state index contributed by atoms with van der Waals surface area (Å²) in [6.07, 6.45) is 0. The smallest absolute Gasteiger partial charge is 0.294 e. The van der Waals surface area contributed by atoms with Gasteiger partial charge in [-0.05, 0) is 54.5 Å². The highest BCUT2D eigenvalue weighted by molar-refractivity contribution is 5.54. The van der Waals surface area contributed by atoms with Gasteiger partial charge in [-0.15, -0.1) is 5.10 Å². The van der Waals surface area contributed by atoms with Crippen molar-refractivity contribution in [3.05, 3.63) is 65.8 Å². The van der Waals surface area contributed by atoms with E-state index in [4.69, 9.17) is 9.15 Å². The second kappa shape index (κ2) is 6.10. The van der Waals surface area contributed by atoms with E-state index in [0.29, 0.717) is 11.5 Å². The summed E-state index contributed by atoms with van der Waals surface area (Å²) >= 11 is 0. The van der Waals surface area contributed by atoms with Crippen LogP contribution in [0.15, 0.2) is 52.9 Å². The van der Waals surface area contributed by atoms with Gasteiger partial charge in [0.05, 0.1) is 7.11 Å². The van der Waals surface area contributed by atoms with Crippen LogP contribution in [-0.4, -0.2) is 17.3 Å². The van der Waals surface area contributed by atoms with Gasteiger partial charge in [-0.3, -0.25) is 0 Å². The zero-order valence-corrected chi connectivity index (χ0v) is 11.7. The topological polar surface area (TPSA) is 48.2 Å². The molecule has 3 rings (SSSR count). The van der Waals surface area contributed by atoms with E-state index in [0.717, 1.165) is 11.3 Å². The Labute approximate surface area is 126 Å². The zero-order chi connectivity index (χ0) is 15.4. The molecule has 0 N–H and O–H groups in total. The number of rotatable bonds is 2. The number of nitrogens with zero attached hydrogens (tertiary/aromatic N) is 2. The largest absolute Gasteiger partial charge is 0.497 e. The van der Waals surface area contributed by atoms with E-state index < -0.39 is 0 Å². The fourth-order valence-corrected chi connectivity index (χ4v) is 1.78. The third-order valence-electron chi connectivity index (χ3n) is 2.92. The lowest BCUT2D eigenvalue weighted by Crippen LogP contribution is -1.82. The molecule has 0 saturated heterocycles. The Bertz CT molecular complexity index is 828. The summed E-state index contributed by atoms with van der Waals surface area (Å²) in [7, 11) is 1.60. The van der Waals surface area contributed by atoms with Crippen molar-refractivity contribution in [3.8, 4) is 29.0 Å². The lowest BCUT2D eigenvalue weighted by molar-refractivity contribution is 0.415. The van der Waals surface area contributed by atoms with Crippen molar-refractivity contribution in [2.45, 2.75) is 0 Å². The van der Waals surface area contributed by atoms with E-state index in [-0.39, 0.29) is 11.7 Å². The van der Waals surface area contributed by atoms with Gasteiger partial charge in [-0.25, -0.2) is 4.39 Å². The molecular weight excluding hydrogens is 283 g/mol. The highest BCUT2D eigenvalue weighted by atomic mass is 19.1. The normalized spacial score (nSPS) is 9.91. The maximum atomic E-state index is 12.8. The van der Waals surface area contributed by atoms with Crippen LogP contribution in [0.1, 0.15) is 11.5 Å². The molecule has 1 heterocycles. The summed E-state index contributed by atoms with van der Waals surface area (Å²) in [6.45, 7) is 0. The number of hydrogen-bond donors (Lipinski definition) is 0. The minimum absolute atomic E-state index is 0.204. The van der Waals surface area contributed by atoms with Gasteiger partial charge in [-0.2, -0.15) is 0 Å². The minimum Gasteiger partial charge on any atom is -0.497 e. The second-order valence-electron chi connectivity index (χ2n) is 4.40. The molecule has 2 aromatic carbocycles. The van der Waals surface area contributed by atoms with Gasteiger partial charge in [-0.1, -0.05) is 11.0 Å². The van der Waals surface area contributed by atoms with E-state index >= 15 is 0 Å². The summed E-state index contributed by atoms with van der Waals surface area (Å²) in [6, 6.07) is 13.1.